The zero-order valence-corrected chi connectivity index (χ0v) is 16.2. The van der Waals surface area contributed by atoms with Crippen LogP contribution in [-0.4, -0.2) is 17.7 Å². The molecule has 0 spiro atoms. The van der Waals surface area contributed by atoms with Crippen molar-refractivity contribution in [3.8, 4) is 5.75 Å². The van der Waals surface area contributed by atoms with Crippen LogP contribution in [0.1, 0.15) is 33.6 Å². The Balaban J connectivity index is 1.63. The fourth-order valence-corrected chi connectivity index (χ4v) is 3.14. The molecule has 0 aliphatic heterocycles. The monoisotopic (exact) mass is 362 g/mol. The smallest absolute Gasteiger partial charge is 0.280 e. The Kier molecular flexibility index (Phi) is 5.75. The first kappa shape index (κ1) is 18.9. The second-order valence-electron chi connectivity index (χ2n) is 7.17. The molecular weight excluding hydrogens is 336 g/mol. The number of benzene rings is 2. The van der Waals surface area contributed by atoms with Gasteiger partial charge in [-0.1, -0.05) is 48.6 Å². The fraction of sp³-hybridized carbons (Fsp3) is 0.304. The van der Waals surface area contributed by atoms with Gasteiger partial charge in [0.2, 0.25) is 0 Å². The first-order valence-corrected chi connectivity index (χ1v) is 9.28. The molecule has 3 rings (SSSR count). The Morgan fingerprint density at radius 3 is 2.74 bits per heavy atom. The van der Waals surface area contributed by atoms with Crippen LogP contribution in [0.25, 0.3) is 10.8 Å². The molecule has 4 heteroatoms. The lowest BCUT2D eigenvalue weighted by atomic mass is 9.85. The van der Waals surface area contributed by atoms with Crippen molar-refractivity contribution >= 4 is 22.4 Å². The molecule has 0 saturated heterocycles. The van der Waals surface area contributed by atoms with E-state index in [0.717, 1.165) is 40.5 Å². The highest BCUT2D eigenvalue weighted by molar-refractivity contribution is 6.01. The molecule has 2 aromatic rings. The Labute approximate surface area is 160 Å². The molecule has 2 aromatic carbocycles. The van der Waals surface area contributed by atoms with Crippen LogP contribution in [0.4, 0.5) is 0 Å². The highest BCUT2D eigenvalue weighted by Gasteiger charge is 2.20. The highest BCUT2D eigenvalue weighted by Crippen LogP contribution is 2.26. The number of ether oxygens (including phenoxy) is 1. The van der Waals surface area contributed by atoms with Gasteiger partial charge in [-0.3, -0.25) is 4.79 Å². The predicted molar refractivity (Wildman–Crippen MR) is 111 cm³/mol. The SMILES string of the molecule is C=C(C)[C@@H]1CC=C(C)/C(=N\NC(=O)[C@@H](C)Oc2ccc3ccccc3c2)C1. The summed E-state index contributed by atoms with van der Waals surface area (Å²) in [6, 6.07) is 13.9. The summed E-state index contributed by atoms with van der Waals surface area (Å²) in [4.78, 5) is 12.4. The maximum Gasteiger partial charge on any atom is 0.280 e. The van der Waals surface area contributed by atoms with E-state index in [0.29, 0.717) is 11.7 Å². The van der Waals surface area contributed by atoms with Gasteiger partial charge < -0.3 is 4.74 Å². The topological polar surface area (TPSA) is 50.7 Å². The van der Waals surface area contributed by atoms with Crippen LogP contribution in [0.3, 0.4) is 0 Å². The molecule has 4 nitrogen and oxygen atoms in total. The lowest BCUT2D eigenvalue weighted by Crippen LogP contribution is -2.34. The van der Waals surface area contributed by atoms with Crippen molar-refractivity contribution < 1.29 is 9.53 Å². The van der Waals surface area contributed by atoms with E-state index in [-0.39, 0.29) is 5.91 Å². The molecule has 1 amide bonds. The van der Waals surface area contributed by atoms with E-state index < -0.39 is 6.10 Å². The van der Waals surface area contributed by atoms with Gasteiger partial charge in [0, 0.05) is 0 Å². The summed E-state index contributed by atoms with van der Waals surface area (Å²) in [5.74, 6) is 0.789. The van der Waals surface area contributed by atoms with Crippen molar-refractivity contribution in [2.45, 2.75) is 39.7 Å². The Bertz CT molecular complexity index is 927. The molecule has 0 unspecified atom stereocenters. The van der Waals surface area contributed by atoms with Gasteiger partial charge in [-0.05, 0) is 68.0 Å². The maximum absolute atomic E-state index is 12.4. The predicted octanol–water partition coefficient (Wildman–Crippen LogP) is 5.01. The van der Waals surface area contributed by atoms with E-state index in [9.17, 15) is 4.79 Å². The molecule has 1 N–H and O–H groups in total. The van der Waals surface area contributed by atoms with Crippen molar-refractivity contribution in [1.29, 1.82) is 0 Å². The minimum atomic E-state index is -0.639. The number of hydrogen-bond acceptors (Lipinski definition) is 3. The molecule has 27 heavy (non-hydrogen) atoms. The summed E-state index contributed by atoms with van der Waals surface area (Å²) in [6.07, 6.45) is 3.30. The van der Waals surface area contributed by atoms with E-state index in [1.165, 1.54) is 0 Å². The molecule has 0 bridgehead atoms. The zero-order chi connectivity index (χ0) is 19.4. The molecule has 0 heterocycles. The summed E-state index contributed by atoms with van der Waals surface area (Å²) in [7, 11) is 0. The van der Waals surface area contributed by atoms with Crippen molar-refractivity contribution in [1.82, 2.24) is 5.43 Å². The normalized spacial score (nSPS) is 19.4. The summed E-state index contributed by atoms with van der Waals surface area (Å²) >= 11 is 0. The number of carbonyl (C=O) groups excluding carboxylic acids is 1. The number of hydrazone groups is 1. The first-order chi connectivity index (χ1) is 12.9. The molecule has 2 atom stereocenters. The van der Waals surface area contributed by atoms with Crippen molar-refractivity contribution in [2.75, 3.05) is 0 Å². The second kappa shape index (κ2) is 8.21. The van der Waals surface area contributed by atoms with Crippen LogP contribution >= 0.6 is 0 Å². The minimum Gasteiger partial charge on any atom is -0.481 e. The number of hydrogen-bond donors (Lipinski definition) is 1. The molecule has 0 fully saturated rings. The molecule has 0 radical (unpaired) electrons. The van der Waals surface area contributed by atoms with Crippen LogP contribution in [0, 0.1) is 5.92 Å². The molecular formula is C23H26N2O2. The van der Waals surface area contributed by atoms with Crippen LogP contribution < -0.4 is 10.2 Å². The van der Waals surface area contributed by atoms with Gasteiger partial charge in [-0.25, -0.2) is 5.43 Å². The highest BCUT2D eigenvalue weighted by atomic mass is 16.5. The van der Waals surface area contributed by atoms with Crippen molar-refractivity contribution in [2.24, 2.45) is 11.0 Å². The molecule has 1 aliphatic carbocycles. The molecule has 0 aromatic heterocycles. The number of allylic oxidation sites excluding steroid dienone is 3. The third-order valence-corrected chi connectivity index (χ3v) is 5.00. The maximum atomic E-state index is 12.4. The number of fused-ring (bicyclic) bond motifs is 1. The number of nitrogens with zero attached hydrogens (tertiary/aromatic N) is 1. The standard InChI is InChI=1S/C23H26N2O2/c1-15(2)19-10-9-16(3)22(14-19)24-25-23(26)17(4)27-21-12-11-18-7-5-6-8-20(18)13-21/h5-9,11-13,17,19H,1,10,14H2,2-4H3,(H,25,26)/b24-22-/t17-,19-/m1/s1. The summed E-state index contributed by atoms with van der Waals surface area (Å²) in [5, 5.41) is 6.56. The van der Waals surface area contributed by atoms with Crippen LogP contribution in [0.5, 0.6) is 5.75 Å². The van der Waals surface area contributed by atoms with E-state index in [2.05, 4.69) is 23.2 Å². The van der Waals surface area contributed by atoms with Gasteiger partial charge in [0.25, 0.3) is 5.91 Å². The van der Waals surface area contributed by atoms with E-state index >= 15 is 0 Å². The van der Waals surface area contributed by atoms with Crippen molar-refractivity contribution in [3.63, 3.8) is 0 Å². The lowest BCUT2D eigenvalue weighted by molar-refractivity contribution is -0.127. The van der Waals surface area contributed by atoms with E-state index in [4.69, 9.17) is 4.74 Å². The van der Waals surface area contributed by atoms with Crippen LogP contribution in [-0.2, 0) is 4.79 Å². The van der Waals surface area contributed by atoms with Crippen LogP contribution in [0.15, 0.2) is 71.4 Å². The molecule has 140 valence electrons. The summed E-state index contributed by atoms with van der Waals surface area (Å²) < 4.78 is 5.80. The Morgan fingerprint density at radius 2 is 2.00 bits per heavy atom. The third kappa shape index (κ3) is 4.64. The summed E-state index contributed by atoms with van der Waals surface area (Å²) in [5.41, 5.74) is 5.81. The second-order valence-corrected chi connectivity index (χ2v) is 7.17. The minimum absolute atomic E-state index is 0.263. The van der Waals surface area contributed by atoms with Gasteiger partial charge in [-0.15, -0.1) is 0 Å². The quantitative estimate of drug-likeness (QED) is 0.600. The number of nitrogens with one attached hydrogen (secondary N) is 1. The van der Waals surface area contributed by atoms with Crippen LogP contribution in [0.2, 0.25) is 0 Å². The number of amides is 1. The average molecular weight is 362 g/mol. The van der Waals surface area contributed by atoms with Gasteiger partial charge in [0.15, 0.2) is 6.10 Å². The van der Waals surface area contributed by atoms with Gasteiger partial charge in [0.05, 0.1) is 5.71 Å². The number of carbonyl (C=O) groups is 1. The van der Waals surface area contributed by atoms with Crippen molar-refractivity contribution in [3.05, 3.63) is 66.3 Å². The zero-order valence-electron chi connectivity index (χ0n) is 16.2. The lowest BCUT2D eigenvalue weighted by Gasteiger charge is -2.22. The van der Waals surface area contributed by atoms with E-state index in [1.807, 2.05) is 56.3 Å². The average Bonchev–Trinajstić information content (AvgIpc) is 2.66. The Hall–Kier alpha value is -2.88. The fourth-order valence-electron chi connectivity index (χ4n) is 3.14. The molecule has 1 aliphatic rings. The first-order valence-electron chi connectivity index (χ1n) is 9.28. The van der Waals surface area contributed by atoms with Gasteiger partial charge >= 0.3 is 0 Å². The van der Waals surface area contributed by atoms with E-state index in [1.54, 1.807) is 6.92 Å². The molecule has 0 saturated carbocycles. The largest absolute Gasteiger partial charge is 0.481 e. The number of rotatable bonds is 5. The van der Waals surface area contributed by atoms with Gasteiger partial charge in [-0.2, -0.15) is 5.10 Å². The Morgan fingerprint density at radius 1 is 1.26 bits per heavy atom. The van der Waals surface area contributed by atoms with Gasteiger partial charge in [0.1, 0.15) is 5.75 Å². The third-order valence-electron chi connectivity index (χ3n) is 5.00. The summed E-state index contributed by atoms with van der Waals surface area (Å²) in [6.45, 7) is 9.82.